The first-order valence-electron chi connectivity index (χ1n) is 5.00. The minimum absolute atomic E-state index is 0.975. The number of benzene rings is 1. The van der Waals surface area contributed by atoms with E-state index in [1.807, 2.05) is 11.8 Å². The van der Waals surface area contributed by atoms with Crippen molar-refractivity contribution < 1.29 is 0 Å². The van der Waals surface area contributed by atoms with Crippen LogP contribution >= 0.6 is 24.4 Å². The van der Waals surface area contributed by atoms with Crippen LogP contribution in [0.2, 0.25) is 0 Å². The van der Waals surface area contributed by atoms with Crippen LogP contribution in [-0.4, -0.2) is 18.1 Å². The highest BCUT2D eigenvalue weighted by Crippen LogP contribution is 2.31. The number of aryl methyl sites for hydroxylation is 1. The van der Waals surface area contributed by atoms with Crippen molar-refractivity contribution in [2.45, 2.75) is 17.7 Å². The largest absolute Gasteiger partial charge is 0.383 e. The summed E-state index contributed by atoms with van der Waals surface area (Å²) in [7, 11) is 0. The molecule has 0 spiro atoms. The van der Waals surface area contributed by atoms with Gasteiger partial charge in [0.25, 0.3) is 0 Å². The van der Waals surface area contributed by atoms with Crippen molar-refractivity contribution in [3.8, 4) is 0 Å². The van der Waals surface area contributed by atoms with Gasteiger partial charge in [-0.15, -0.1) is 11.8 Å². The highest BCUT2D eigenvalue weighted by molar-refractivity contribution is 7.99. The van der Waals surface area contributed by atoms with Gasteiger partial charge in [-0.05, 0) is 36.3 Å². The van der Waals surface area contributed by atoms with Gasteiger partial charge in [-0.1, -0.05) is 6.07 Å². The molecular weight excluding hydrogens is 210 g/mol. The van der Waals surface area contributed by atoms with E-state index in [9.17, 15) is 0 Å². The maximum Gasteiger partial charge on any atom is 0.0478 e. The van der Waals surface area contributed by atoms with Crippen molar-refractivity contribution >= 4 is 30.1 Å². The van der Waals surface area contributed by atoms with E-state index >= 15 is 0 Å². The third kappa shape index (κ3) is 2.39. The van der Waals surface area contributed by atoms with E-state index < -0.39 is 0 Å². The standard InChI is InChI=1S/C11H15NS2/c13-6-1-2-9-3-4-10-11(8-9)14-7-5-12-10/h3-4,8,12-13H,1-2,5-7H2. The van der Waals surface area contributed by atoms with E-state index in [1.165, 1.54) is 28.3 Å². The summed E-state index contributed by atoms with van der Waals surface area (Å²) in [4.78, 5) is 1.41. The van der Waals surface area contributed by atoms with Gasteiger partial charge in [0, 0.05) is 22.9 Å². The van der Waals surface area contributed by atoms with E-state index in [-0.39, 0.29) is 0 Å². The number of thioether (sulfide) groups is 1. The average molecular weight is 225 g/mol. The lowest BCUT2D eigenvalue weighted by Crippen LogP contribution is -2.10. The van der Waals surface area contributed by atoms with Gasteiger partial charge in [-0.2, -0.15) is 12.6 Å². The molecule has 0 fully saturated rings. The summed E-state index contributed by atoms with van der Waals surface area (Å²) in [6.07, 6.45) is 2.32. The van der Waals surface area contributed by atoms with Crippen molar-refractivity contribution in [2.75, 3.05) is 23.4 Å². The summed E-state index contributed by atoms with van der Waals surface area (Å²) < 4.78 is 0. The fraction of sp³-hybridized carbons (Fsp3) is 0.455. The second-order valence-corrected chi connectivity index (χ2v) is 5.02. The molecule has 2 rings (SSSR count). The molecule has 0 amide bonds. The molecule has 0 aromatic heterocycles. The SMILES string of the molecule is SCCCc1ccc2c(c1)SCCN2. The predicted molar refractivity (Wildman–Crippen MR) is 67.8 cm³/mol. The smallest absolute Gasteiger partial charge is 0.0478 e. The molecule has 0 bridgehead atoms. The van der Waals surface area contributed by atoms with E-state index in [2.05, 4.69) is 36.1 Å². The Bertz CT molecular complexity index is 312. The first-order valence-corrected chi connectivity index (χ1v) is 6.62. The average Bonchev–Trinajstić information content (AvgIpc) is 2.26. The molecular formula is C11H15NS2. The molecule has 1 aromatic rings. The Morgan fingerprint density at radius 2 is 2.36 bits per heavy atom. The van der Waals surface area contributed by atoms with Crippen LogP contribution in [-0.2, 0) is 6.42 Å². The first-order chi connectivity index (χ1) is 6.90. The molecule has 1 aliphatic rings. The van der Waals surface area contributed by atoms with E-state index in [0.29, 0.717) is 0 Å². The van der Waals surface area contributed by atoms with E-state index in [0.717, 1.165) is 18.7 Å². The van der Waals surface area contributed by atoms with Crippen LogP contribution < -0.4 is 5.32 Å². The van der Waals surface area contributed by atoms with Crippen molar-refractivity contribution in [1.29, 1.82) is 0 Å². The van der Waals surface area contributed by atoms with Gasteiger partial charge in [0.1, 0.15) is 0 Å². The number of rotatable bonds is 3. The quantitative estimate of drug-likeness (QED) is 0.767. The van der Waals surface area contributed by atoms with Gasteiger partial charge in [0.05, 0.1) is 0 Å². The Balaban J connectivity index is 2.12. The van der Waals surface area contributed by atoms with Gasteiger partial charge in [-0.25, -0.2) is 0 Å². The summed E-state index contributed by atoms with van der Waals surface area (Å²) in [5.74, 6) is 2.16. The normalized spacial score (nSPS) is 14.6. The fourth-order valence-corrected chi connectivity index (χ4v) is 2.73. The lowest BCUT2D eigenvalue weighted by Gasteiger charge is -2.18. The molecule has 14 heavy (non-hydrogen) atoms. The minimum Gasteiger partial charge on any atom is -0.383 e. The van der Waals surface area contributed by atoms with Gasteiger partial charge < -0.3 is 5.32 Å². The van der Waals surface area contributed by atoms with Crippen LogP contribution in [0.15, 0.2) is 23.1 Å². The molecule has 0 radical (unpaired) electrons. The summed E-state index contributed by atoms with van der Waals surface area (Å²) in [6, 6.07) is 6.74. The molecule has 0 unspecified atom stereocenters. The summed E-state index contributed by atoms with van der Waals surface area (Å²) in [5, 5.41) is 3.41. The minimum atomic E-state index is 0.975. The van der Waals surface area contributed by atoms with Crippen molar-refractivity contribution in [3.05, 3.63) is 23.8 Å². The first kappa shape index (κ1) is 10.2. The van der Waals surface area contributed by atoms with Crippen LogP contribution in [0.5, 0.6) is 0 Å². The molecule has 1 N–H and O–H groups in total. The second-order valence-electron chi connectivity index (χ2n) is 3.43. The predicted octanol–water partition coefficient (Wildman–Crippen LogP) is 3.07. The number of anilines is 1. The van der Waals surface area contributed by atoms with E-state index in [4.69, 9.17) is 0 Å². The molecule has 1 aromatic carbocycles. The fourth-order valence-electron chi connectivity index (χ4n) is 1.62. The molecule has 76 valence electrons. The molecule has 3 heteroatoms. The highest BCUT2D eigenvalue weighted by Gasteiger charge is 2.08. The maximum absolute atomic E-state index is 4.23. The monoisotopic (exact) mass is 225 g/mol. The van der Waals surface area contributed by atoms with Crippen LogP contribution in [0, 0.1) is 0 Å². The number of hydrogen-bond donors (Lipinski definition) is 2. The van der Waals surface area contributed by atoms with Crippen LogP contribution in [0.4, 0.5) is 5.69 Å². The van der Waals surface area contributed by atoms with Gasteiger partial charge in [0.15, 0.2) is 0 Å². The summed E-state index contributed by atoms with van der Waals surface area (Å²) in [6.45, 7) is 1.09. The number of nitrogens with one attached hydrogen (secondary N) is 1. The number of hydrogen-bond acceptors (Lipinski definition) is 3. The lowest BCUT2D eigenvalue weighted by atomic mass is 10.1. The maximum atomic E-state index is 4.23. The Hall–Kier alpha value is -0.280. The second kappa shape index (κ2) is 4.99. The van der Waals surface area contributed by atoms with Crippen molar-refractivity contribution in [2.24, 2.45) is 0 Å². The van der Waals surface area contributed by atoms with Gasteiger partial charge >= 0.3 is 0 Å². The van der Waals surface area contributed by atoms with Crippen LogP contribution in [0.3, 0.4) is 0 Å². The van der Waals surface area contributed by atoms with Gasteiger partial charge in [0.2, 0.25) is 0 Å². The zero-order chi connectivity index (χ0) is 9.80. The molecule has 1 heterocycles. The molecule has 0 saturated heterocycles. The topological polar surface area (TPSA) is 12.0 Å². The Kier molecular flexibility index (Phi) is 3.65. The third-order valence-corrected chi connectivity index (χ3v) is 3.72. The molecule has 0 saturated carbocycles. The van der Waals surface area contributed by atoms with Crippen molar-refractivity contribution in [1.82, 2.24) is 0 Å². The number of fused-ring (bicyclic) bond motifs is 1. The molecule has 1 nitrogen and oxygen atoms in total. The van der Waals surface area contributed by atoms with Crippen LogP contribution in [0.25, 0.3) is 0 Å². The lowest BCUT2D eigenvalue weighted by molar-refractivity contribution is 0.931. The van der Waals surface area contributed by atoms with Crippen molar-refractivity contribution in [3.63, 3.8) is 0 Å². The zero-order valence-electron chi connectivity index (χ0n) is 8.12. The summed E-state index contributed by atoms with van der Waals surface area (Å²) in [5.41, 5.74) is 2.74. The zero-order valence-corrected chi connectivity index (χ0v) is 9.83. The van der Waals surface area contributed by atoms with Gasteiger partial charge in [-0.3, -0.25) is 0 Å². The van der Waals surface area contributed by atoms with E-state index in [1.54, 1.807) is 0 Å². The highest BCUT2D eigenvalue weighted by atomic mass is 32.2. The molecule has 1 aliphatic heterocycles. The Morgan fingerprint density at radius 1 is 1.43 bits per heavy atom. The number of thiol groups is 1. The Morgan fingerprint density at radius 3 is 3.21 bits per heavy atom. The molecule has 0 aliphatic carbocycles. The summed E-state index contributed by atoms with van der Waals surface area (Å²) >= 11 is 6.19. The molecule has 0 atom stereocenters. The Labute approximate surface area is 95.1 Å². The van der Waals surface area contributed by atoms with Crippen LogP contribution in [0.1, 0.15) is 12.0 Å². The third-order valence-electron chi connectivity index (χ3n) is 2.34.